The monoisotopic (exact) mass is 270 g/mol. The third kappa shape index (κ3) is 1.83. The first-order chi connectivity index (χ1) is 6.66. The fourth-order valence-corrected chi connectivity index (χ4v) is 1.81. The van der Waals surface area contributed by atoms with E-state index in [1.54, 1.807) is 0 Å². The molecule has 2 nitrogen and oxygen atoms in total. The van der Waals surface area contributed by atoms with Crippen molar-refractivity contribution in [1.29, 1.82) is 0 Å². The van der Waals surface area contributed by atoms with Crippen LogP contribution in [0.25, 0.3) is 11.3 Å². The summed E-state index contributed by atoms with van der Waals surface area (Å²) in [5.74, 6) is 0.827. The molecule has 1 aromatic carbocycles. The van der Waals surface area contributed by atoms with E-state index in [1.807, 2.05) is 31.2 Å². The summed E-state index contributed by atoms with van der Waals surface area (Å²) in [6.07, 6.45) is 0. The van der Waals surface area contributed by atoms with Crippen molar-refractivity contribution in [2.45, 2.75) is 6.92 Å². The van der Waals surface area contributed by atoms with Gasteiger partial charge in [0.2, 0.25) is 0 Å². The van der Waals surface area contributed by atoms with Gasteiger partial charge in [-0.3, -0.25) is 0 Å². The molecule has 0 radical (unpaired) electrons. The Hall–Kier alpha value is -0.800. The number of nitrogens with zero attached hydrogens (tertiary/aromatic N) is 1. The van der Waals surface area contributed by atoms with Crippen molar-refractivity contribution in [3.63, 3.8) is 0 Å². The molecule has 14 heavy (non-hydrogen) atoms. The number of hydrogen-bond donors (Lipinski definition) is 1. The number of aromatic nitrogens is 2. The fourth-order valence-electron chi connectivity index (χ4n) is 1.26. The first-order valence-electron chi connectivity index (χ1n) is 4.15. The molecule has 0 amide bonds. The lowest BCUT2D eigenvalue weighted by atomic mass is 10.2. The molecule has 0 aliphatic rings. The van der Waals surface area contributed by atoms with Gasteiger partial charge in [0.05, 0.1) is 0 Å². The van der Waals surface area contributed by atoms with Crippen molar-refractivity contribution in [1.82, 2.24) is 9.97 Å². The zero-order chi connectivity index (χ0) is 10.1. The van der Waals surface area contributed by atoms with Gasteiger partial charge in [0.1, 0.15) is 16.7 Å². The molecule has 0 aliphatic carbocycles. The van der Waals surface area contributed by atoms with E-state index in [1.165, 1.54) is 0 Å². The SMILES string of the molecule is Cc1nc(-c2ccc(Br)cc2)c(Cl)[nH]1. The third-order valence-electron chi connectivity index (χ3n) is 1.90. The highest BCUT2D eigenvalue weighted by Crippen LogP contribution is 2.26. The van der Waals surface area contributed by atoms with Crippen LogP contribution in [-0.4, -0.2) is 9.97 Å². The molecule has 0 saturated carbocycles. The van der Waals surface area contributed by atoms with Gasteiger partial charge in [0, 0.05) is 10.0 Å². The van der Waals surface area contributed by atoms with Crippen LogP contribution in [0.1, 0.15) is 5.82 Å². The van der Waals surface area contributed by atoms with Gasteiger partial charge in [0.25, 0.3) is 0 Å². The number of rotatable bonds is 1. The zero-order valence-electron chi connectivity index (χ0n) is 7.51. The second-order valence-electron chi connectivity index (χ2n) is 2.99. The Bertz CT molecular complexity index is 448. The summed E-state index contributed by atoms with van der Waals surface area (Å²) in [5.41, 5.74) is 1.82. The molecule has 0 aliphatic heterocycles. The van der Waals surface area contributed by atoms with Crippen molar-refractivity contribution >= 4 is 27.5 Å². The van der Waals surface area contributed by atoms with Crippen molar-refractivity contribution < 1.29 is 0 Å². The van der Waals surface area contributed by atoms with Crippen LogP contribution in [0.5, 0.6) is 0 Å². The Morgan fingerprint density at radius 2 is 1.93 bits per heavy atom. The van der Waals surface area contributed by atoms with Crippen molar-refractivity contribution in [3.05, 3.63) is 39.7 Å². The molecule has 0 saturated heterocycles. The third-order valence-corrected chi connectivity index (χ3v) is 2.70. The summed E-state index contributed by atoms with van der Waals surface area (Å²) in [7, 11) is 0. The maximum atomic E-state index is 5.99. The highest BCUT2D eigenvalue weighted by atomic mass is 79.9. The Kier molecular flexibility index (Phi) is 2.61. The predicted octanol–water partition coefficient (Wildman–Crippen LogP) is 3.80. The van der Waals surface area contributed by atoms with Gasteiger partial charge >= 0.3 is 0 Å². The topological polar surface area (TPSA) is 28.7 Å². The molecule has 1 heterocycles. The number of aromatic amines is 1. The molecule has 0 fully saturated rings. The number of imidazole rings is 1. The van der Waals surface area contributed by atoms with E-state index in [9.17, 15) is 0 Å². The Morgan fingerprint density at radius 3 is 2.43 bits per heavy atom. The first-order valence-corrected chi connectivity index (χ1v) is 5.32. The lowest BCUT2D eigenvalue weighted by molar-refractivity contribution is 1.15. The van der Waals surface area contributed by atoms with Crippen molar-refractivity contribution in [3.8, 4) is 11.3 Å². The van der Waals surface area contributed by atoms with Gasteiger partial charge in [-0.25, -0.2) is 4.98 Å². The summed E-state index contributed by atoms with van der Waals surface area (Å²) >= 11 is 9.37. The first kappa shape index (κ1) is 9.74. The zero-order valence-corrected chi connectivity index (χ0v) is 9.85. The molecule has 0 atom stereocenters. The summed E-state index contributed by atoms with van der Waals surface area (Å²) < 4.78 is 1.05. The van der Waals surface area contributed by atoms with Crippen LogP contribution in [0.2, 0.25) is 5.15 Å². The van der Waals surface area contributed by atoms with Gasteiger partial charge in [-0.15, -0.1) is 0 Å². The number of hydrogen-bond acceptors (Lipinski definition) is 1. The highest BCUT2D eigenvalue weighted by molar-refractivity contribution is 9.10. The standard InChI is InChI=1S/C10H8BrClN2/c1-6-13-9(10(12)14-6)7-2-4-8(11)5-3-7/h2-5H,1H3,(H,13,14). The quantitative estimate of drug-likeness (QED) is 0.839. The fraction of sp³-hybridized carbons (Fsp3) is 0.100. The normalized spacial score (nSPS) is 10.5. The molecular weight excluding hydrogens is 263 g/mol. The summed E-state index contributed by atoms with van der Waals surface area (Å²) in [4.78, 5) is 7.27. The van der Waals surface area contributed by atoms with Crippen LogP contribution in [0.3, 0.4) is 0 Å². The number of aryl methyl sites for hydroxylation is 1. The molecule has 1 aromatic heterocycles. The van der Waals surface area contributed by atoms with Crippen molar-refractivity contribution in [2.75, 3.05) is 0 Å². The van der Waals surface area contributed by atoms with E-state index in [2.05, 4.69) is 25.9 Å². The molecule has 4 heteroatoms. The Labute approximate surface area is 95.5 Å². The van der Waals surface area contributed by atoms with Gasteiger partial charge in [-0.2, -0.15) is 0 Å². The smallest absolute Gasteiger partial charge is 0.134 e. The second-order valence-corrected chi connectivity index (χ2v) is 4.29. The number of halogens is 2. The van der Waals surface area contributed by atoms with Gasteiger partial charge in [-0.1, -0.05) is 39.7 Å². The Balaban J connectivity index is 2.49. The maximum Gasteiger partial charge on any atom is 0.134 e. The molecule has 72 valence electrons. The highest BCUT2D eigenvalue weighted by Gasteiger charge is 2.07. The van der Waals surface area contributed by atoms with Gasteiger partial charge in [0.15, 0.2) is 0 Å². The van der Waals surface area contributed by atoms with Crippen LogP contribution in [0, 0.1) is 6.92 Å². The average Bonchev–Trinajstić information content (AvgIpc) is 2.47. The lowest BCUT2D eigenvalue weighted by Gasteiger charge is -1.97. The van der Waals surface area contributed by atoms with Crippen LogP contribution in [0.4, 0.5) is 0 Å². The van der Waals surface area contributed by atoms with Crippen LogP contribution >= 0.6 is 27.5 Å². The number of benzene rings is 1. The predicted molar refractivity (Wildman–Crippen MR) is 61.5 cm³/mol. The van der Waals surface area contributed by atoms with Gasteiger partial charge in [-0.05, 0) is 19.1 Å². The molecule has 2 rings (SSSR count). The molecule has 0 unspecified atom stereocenters. The van der Waals surface area contributed by atoms with Crippen LogP contribution < -0.4 is 0 Å². The number of H-pyrrole nitrogens is 1. The molecular formula is C10H8BrClN2. The van der Waals surface area contributed by atoms with E-state index in [4.69, 9.17) is 11.6 Å². The van der Waals surface area contributed by atoms with E-state index < -0.39 is 0 Å². The lowest BCUT2D eigenvalue weighted by Crippen LogP contribution is -1.78. The van der Waals surface area contributed by atoms with E-state index in [-0.39, 0.29) is 0 Å². The van der Waals surface area contributed by atoms with Crippen LogP contribution in [-0.2, 0) is 0 Å². The molecule has 2 aromatic rings. The minimum absolute atomic E-state index is 0.588. The number of nitrogens with one attached hydrogen (secondary N) is 1. The van der Waals surface area contributed by atoms with E-state index in [0.717, 1.165) is 21.6 Å². The minimum atomic E-state index is 0.588. The van der Waals surface area contributed by atoms with Crippen molar-refractivity contribution in [2.24, 2.45) is 0 Å². The van der Waals surface area contributed by atoms with Crippen LogP contribution in [0.15, 0.2) is 28.7 Å². The van der Waals surface area contributed by atoms with Gasteiger partial charge < -0.3 is 4.98 Å². The van der Waals surface area contributed by atoms with E-state index in [0.29, 0.717) is 5.15 Å². The largest absolute Gasteiger partial charge is 0.333 e. The summed E-state index contributed by atoms with van der Waals surface area (Å²) in [6.45, 7) is 1.88. The maximum absolute atomic E-state index is 5.99. The summed E-state index contributed by atoms with van der Waals surface area (Å²) in [6, 6.07) is 7.89. The Morgan fingerprint density at radius 1 is 1.29 bits per heavy atom. The van der Waals surface area contributed by atoms with E-state index >= 15 is 0 Å². The molecule has 0 spiro atoms. The summed E-state index contributed by atoms with van der Waals surface area (Å²) in [5, 5.41) is 0.588. The second kappa shape index (κ2) is 3.75. The minimum Gasteiger partial charge on any atom is -0.333 e. The average molecular weight is 272 g/mol. The molecule has 1 N–H and O–H groups in total. The molecule has 0 bridgehead atoms.